The normalized spacial score (nSPS) is 10.6. The predicted octanol–water partition coefficient (Wildman–Crippen LogP) is 4.45. The minimum absolute atomic E-state index is 0.279. The molecular formula is C19H19FN2O4S. The van der Waals surface area contributed by atoms with E-state index in [9.17, 15) is 4.39 Å². The lowest BCUT2D eigenvalue weighted by Gasteiger charge is -2.05. The molecule has 1 aromatic heterocycles. The fourth-order valence-corrected chi connectivity index (χ4v) is 2.93. The molecule has 0 atom stereocenters. The fourth-order valence-electron chi connectivity index (χ4n) is 2.25. The van der Waals surface area contributed by atoms with Gasteiger partial charge in [0.2, 0.25) is 5.89 Å². The van der Waals surface area contributed by atoms with E-state index in [-0.39, 0.29) is 5.82 Å². The summed E-state index contributed by atoms with van der Waals surface area (Å²) in [4.78, 5) is 0. The highest BCUT2D eigenvalue weighted by Gasteiger charge is 2.12. The molecule has 8 heteroatoms. The SMILES string of the molecule is COc1cc(OC)cc(-c2nnc(SCCCOc3ccc(F)cc3)o2)c1. The number of nitrogens with zero attached hydrogens (tertiary/aromatic N) is 2. The average molecular weight is 390 g/mol. The molecule has 0 aliphatic rings. The van der Waals surface area contributed by atoms with Gasteiger partial charge in [-0.25, -0.2) is 4.39 Å². The number of halogens is 1. The van der Waals surface area contributed by atoms with E-state index < -0.39 is 0 Å². The summed E-state index contributed by atoms with van der Waals surface area (Å²) in [5, 5.41) is 8.61. The van der Waals surface area contributed by atoms with E-state index in [0.29, 0.717) is 35.0 Å². The van der Waals surface area contributed by atoms with Gasteiger partial charge < -0.3 is 18.6 Å². The third-order valence-electron chi connectivity index (χ3n) is 3.60. The van der Waals surface area contributed by atoms with Crippen molar-refractivity contribution in [2.45, 2.75) is 11.6 Å². The van der Waals surface area contributed by atoms with Crippen molar-refractivity contribution in [1.29, 1.82) is 0 Å². The second-order valence-corrected chi connectivity index (χ2v) is 6.53. The second-order valence-electron chi connectivity index (χ2n) is 5.48. The molecule has 0 bridgehead atoms. The summed E-state index contributed by atoms with van der Waals surface area (Å²) < 4.78 is 34.6. The highest BCUT2D eigenvalue weighted by molar-refractivity contribution is 7.99. The number of rotatable bonds is 9. The van der Waals surface area contributed by atoms with Gasteiger partial charge in [0.05, 0.1) is 20.8 Å². The number of thioether (sulfide) groups is 1. The first-order valence-electron chi connectivity index (χ1n) is 8.26. The molecule has 27 heavy (non-hydrogen) atoms. The van der Waals surface area contributed by atoms with E-state index in [1.54, 1.807) is 44.6 Å². The molecule has 6 nitrogen and oxygen atoms in total. The van der Waals surface area contributed by atoms with Crippen LogP contribution in [0.25, 0.3) is 11.5 Å². The number of benzene rings is 2. The molecular weight excluding hydrogens is 371 g/mol. The average Bonchev–Trinajstić information content (AvgIpc) is 3.17. The monoisotopic (exact) mass is 390 g/mol. The largest absolute Gasteiger partial charge is 0.497 e. The van der Waals surface area contributed by atoms with E-state index in [4.69, 9.17) is 18.6 Å². The Morgan fingerprint density at radius 2 is 1.67 bits per heavy atom. The molecule has 0 N–H and O–H groups in total. The van der Waals surface area contributed by atoms with E-state index in [1.165, 1.54) is 23.9 Å². The molecule has 3 rings (SSSR count). The Labute approximate surface area is 160 Å². The number of aromatic nitrogens is 2. The highest BCUT2D eigenvalue weighted by Crippen LogP contribution is 2.30. The first-order valence-corrected chi connectivity index (χ1v) is 9.24. The molecule has 0 amide bonds. The van der Waals surface area contributed by atoms with Crippen molar-refractivity contribution in [1.82, 2.24) is 10.2 Å². The van der Waals surface area contributed by atoms with Crippen LogP contribution in [0.4, 0.5) is 4.39 Å². The molecule has 2 aromatic carbocycles. The van der Waals surface area contributed by atoms with Crippen LogP contribution >= 0.6 is 11.8 Å². The summed E-state index contributed by atoms with van der Waals surface area (Å²) >= 11 is 1.45. The molecule has 0 aliphatic heterocycles. The Hall–Kier alpha value is -2.74. The number of hydrogen-bond donors (Lipinski definition) is 0. The summed E-state index contributed by atoms with van der Waals surface area (Å²) in [5.41, 5.74) is 0.727. The highest BCUT2D eigenvalue weighted by atomic mass is 32.2. The van der Waals surface area contributed by atoms with Crippen LogP contribution in [0.3, 0.4) is 0 Å². The Morgan fingerprint density at radius 1 is 0.963 bits per heavy atom. The van der Waals surface area contributed by atoms with Gasteiger partial charge >= 0.3 is 0 Å². The van der Waals surface area contributed by atoms with Gasteiger partial charge in [-0.3, -0.25) is 0 Å². The van der Waals surface area contributed by atoms with E-state index in [0.717, 1.165) is 17.7 Å². The number of hydrogen-bond acceptors (Lipinski definition) is 7. The van der Waals surface area contributed by atoms with Gasteiger partial charge in [0, 0.05) is 17.4 Å². The van der Waals surface area contributed by atoms with Crippen LogP contribution < -0.4 is 14.2 Å². The zero-order chi connectivity index (χ0) is 19.1. The second kappa shape index (κ2) is 9.27. The summed E-state index contributed by atoms with van der Waals surface area (Å²) in [6.07, 6.45) is 0.784. The third-order valence-corrected chi connectivity index (χ3v) is 4.51. The lowest BCUT2D eigenvalue weighted by molar-refractivity contribution is 0.318. The molecule has 0 fully saturated rings. The van der Waals surface area contributed by atoms with Crippen molar-refractivity contribution in [2.75, 3.05) is 26.6 Å². The zero-order valence-corrected chi connectivity index (χ0v) is 15.8. The molecule has 0 spiro atoms. The summed E-state index contributed by atoms with van der Waals surface area (Å²) in [6, 6.07) is 11.3. The van der Waals surface area contributed by atoms with Crippen LogP contribution in [-0.4, -0.2) is 36.8 Å². The maximum atomic E-state index is 12.8. The van der Waals surface area contributed by atoms with Crippen molar-refractivity contribution in [3.05, 3.63) is 48.3 Å². The van der Waals surface area contributed by atoms with Crippen LogP contribution in [-0.2, 0) is 0 Å². The minimum Gasteiger partial charge on any atom is -0.497 e. The maximum Gasteiger partial charge on any atom is 0.276 e. The van der Waals surface area contributed by atoms with Crippen molar-refractivity contribution < 1.29 is 23.0 Å². The minimum atomic E-state index is -0.279. The van der Waals surface area contributed by atoms with Crippen LogP contribution in [0.5, 0.6) is 17.2 Å². The first kappa shape index (κ1) is 19.0. The first-order chi connectivity index (χ1) is 13.2. The van der Waals surface area contributed by atoms with Crippen molar-refractivity contribution in [3.8, 4) is 28.7 Å². The van der Waals surface area contributed by atoms with E-state index in [1.807, 2.05) is 0 Å². The van der Waals surface area contributed by atoms with Gasteiger partial charge in [0.25, 0.3) is 5.22 Å². The van der Waals surface area contributed by atoms with E-state index >= 15 is 0 Å². The molecule has 142 valence electrons. The lowest BCUT2D eigenvalue weighted by atomic mass is 10.2. The van der Waals surface area contributed by atoms with Gasteiger partial charge in [-0.15, -0.1) is 10.2 Å². The van der Waals surface area contributed by atoms with E-state index in [2.05, 4.69) is 10.2 Å². The Bertz CT molecular complexity index is 848. The molecule has 0 unspecified atom stereocenters. The van der Waals surface area contributed by atoms with Crippen LogP contribution in [0.1, 0.15) is 6.42 Å². The summed E-state index contributed by atoms with van der Waals surface area (Å²) in [7, 11) is 3.17. The van der Waals surface area contributed by atoms with Crippen molar-refractivity contribution >= 4 is 11.8 Å². The predicted molar refractivity (Wildman–Crippen MR) is 100 cm³/mol. The number of ether oxygens (including phenoxy) is 3. The fraction of sp³-hybridized carbons (Fsp3) is 0.263. The van der Waals surface area contributed by atoms with Gasteiger partial charge in [-0.05, 0) is 42.8 Å². The Morgan fingerprint density at radius 3 is 2.33 bits per heavy atom. The molecule has 0 saturated carbocycles. The van der Waals surface area contributed by atoms with Crippen LogP contribution in [0.2, 0.25) is 0 Å². The standard InChI is InChI=1S/C19H19FN2O4S/c1-23-16-10-13(11-17(12-16)24-2)18-21-22-19(26-18)27-9-3-8-25-15-6-4-14(20)5-7-15/h4-7,10-12H,3,8-9H2,1-2H3. The smallest absolute Gasteiger partial charge is 0.276 e. The molecule has 0 saturated heterocycles. The van der Waals surface area contributed by atoms with Gasteiger partial charge in [0.1, 0.15) is 23.1 Å². The third kappa shape index (κ3) is 5.37. The van der Waals surface area contributed by atoms with Gasteiger partial charge in [-0.1, -0.05) is 11.8 Å². The molecule has 1 heterocycles. The maximum absolute atomic E-state index is 12.8. The van der Waals surface area contributed by atoms with Gasteiger partial charge in [0.15, 0.2) is 0 Å². The van der Waals surface area contributed by atoms with Crippen LogP contribution in [0.15, 0.2) is 52.1 Å². The molecule has 0 radical (unpaired) electrons. The molecule has 0 aliphatic carbocycles. The van der Waals surface area contributed by atoms with Gasteiger partial charge in [-0.2, -0.15) is 0 Å². The topological polar surface area (TPSA) is 66.6 Å². The van der Waals surface area contributed by atoms with Crippen molar-refractivity contribution in [2.24, 2.45) is 0 Å². The van der Waals surface area contributed by atoms with Crippen LogP contribution in [0, 0.1) is 5.82 Å². The lowest BCUT2D eigenvalue weighted by Crippen LogP contribution is -1.98. The Kier molecular flexibility index (Phi) is 6.54. The summed E-state index contributed by atoms with van der Waals surface area (Å²) in [5.74, 6) is 2.82. The quantitative estimate of drug-likeness (QED) is 0.395. The summed E-state index contributed by atoms with van der Waals surface area (Å²) in [6.45, 7) is 0.521. The van der Waals surface area contributed by atoms with Crippen molar-refractivity contribution in [3.63, 3.8) is 0 Å². The molecule has 3 aromatic rings. The Balaban J connectivity index is 1.50. The zero-order valence-electron chi connectivity index (χ0n) is 15.0. The number of methoxy groups -OCH3 is 2.